The number of hydrogen-bond donors (Lipinski definition) is 0. The molecule has 0 bridgehead atoms. The zero-order valence-electron chi connectivity index (χ0n) is 16.6. The maximum Gasteiger partial charge on any atom is 0.191 e. The second kappa shape index (κ2) is 6.36. The molecule has 4 aliphatic carbocycles. The molecule has 0 saturated heterocycles. The van der Waals surface area contributed by atoms with Crippen molar-refractivity contribution in [3.63, 3.8) is 0 Å². The van der Waals surface area contributed by atoms with Crippen LogP contribution in [0.15, 0.2) is 23.8 Å². The third-order valence-electron chi connectivity index (χ3n) is 8.81. The van der Waals surface area contributed by atoms with Crippen LogP contribution >= 0.6 is 11.8 Å². The highest BCUT2D eigenvalue weighted by atomic mass is 32.2. The maximum absolute atomic E-state index is 12.4. The lowest BCUT2D eigenvalue weighted by molar-refractivity contribution is -0.118. The van der Waals surface area contributed by atoms with Crippen LogP contribution in [-0.4, -0.2) is 17.2 Å². The molecule has 3 heteroatoms. The molecule has 2 nitrogen and oxygen atoms in total. The van der Waals surface area contributed by atoms with Gasteiger partial charge in [0.1, 0.15) is 0 Å². The summed E-state index contributed by atoms with van der Waals surface area (Å²) in [5.41, 5.74) is 1.77. The van der Waals surface area contributed by atoms with Gasteiger partial charge in [-0.05, 0) is 86.0 Å². The molecule has 7 atom stereocenters. The van der Waals surface area contributed by atoms with E-state index in [2.05, 4.69) is 26.8 Å². The molecule has 0 aliphatic heterocycles. The van der Waals surface area contributed by atoms with Crippen molar-refractivity contribution in [3.8, 4) is 0 Å². The van der Waals surface area contributed by atoms with Crippen molar-refractivity contribution in [1.29, 1.82) is 0 Å². The predicted octanol–water partition coefficient (Wildman–Crippen LogP) is 5.44. The maximum atomic E-state index is 12.4. The molecule has 0 heterocycles. The van der Waals surface area contributed by atoms with E-state index >= 15 is 0 Å². The van der Waals surface area contributed by atoms with Crippen molar-refractivity contribution in [3.05, 3.63) is 23.8 Å². The van der Waals surface area contributed by atoms with Gasteiger partial charge in [0.15, 0.2) is 10.9 Å². The summed E-state index contributed by atoms with van der Waals surface area (Å²) in [7, 11) is 0. The van der Waals surface area contributed by atoms with Gasteiger partial charge in [0.05, 0.1) is 0 Å². The summed E-state index contributed by atoms with van der Waals surface area (Å²) >= 11 is 1.41. The fraction of sp³-hybridized carbons (Fsp3) is 0.739. The summed E-state index contributed by atoms with van der Waals surface area (Å²) in [4.78, 5) is 24.2. The van der Waals surface area contributed by atoms with E-state index in [9.17, 15) is 9.59 Å². The molecular formula is C23H32O2S. The standard InChI is InChI=1S/C23H32O2S/c1-14(21(25)26-4)18-7-8-19-17-6-5-15-13-16(24)9-11-22(15,2)20(17)10-12-23(18,19)3/h9,11,13-14,17-20H,5-8,10,12H2,1-4H3/t14-,17-,18+,19-,20-,22-,23+/m0/s1. The number of ketones is 1. The highest BCUT2D eigenvalue weighted by Gasteiger charge is 2.59. The molecular weight excluding hydrogens is 340 g/mol. The molecule has 0 N–H and O–H groups in total. The average Bonchev–Trinajstić information content (AvgIpc) is 2.98. The first-order valence-corrected chi connectivity index (χ1v) is 11.6. The fourth-order valence-electron chi connectivity index (χ4n) is 7.41. The van der Waals surface area contributed by atoms with Crippen molar-refractivity contribution in [2.24, 2.45) is 40.4 Å². The number of carbonyl (C=O) groups excluding carboxylic acids is 2. The van der Waals surface area contributed by atoms with Crippen molar-refractivity contribution in [2.45, 2.75) is 59.3 Å². The summed E-state index contributed by atoms with van der Waals surface area (Å²) in [5.74, 6) is 3.04. The lowest BCUT2D eigenvalue weighted by Crippen LogP contribution is -2.50. The zero-order chi connectivity index (χ0) is 18.7. The van der Waals surface area contributed by atoms with Crippen LogP contribution in [0, 0.1) is 40.4 Å². The predicted molar refractivity (Wildman–Crippen MR) is 108 cm³/mol. The molecule has 0 aromatic heterocycles. The minimum atomic E-state index is 0.0803. The monoisotopic (exact) mass is 372 g/mol. The third-order valence-corrected chi connectivity index (χ3v) is 9.58. The van der Waals surface area contributed by atoms with Crippen LogP contribution in [0.5, 0.6) is 0 Å². The summed E-state index contributed by atoms with van der Waals surface area (Å²) in [6, 6.07) is 0. The molecule has 0 unspecified atom stereocenters. The molecule has 3 fully saturated rings. The van der Waals surface area contributed by atoms with Crippen LogP contribution in [0.3, 0.4) is 0 Å². The highest BCUT2D eigenvalue weighted by molar-refractivity contribution is 8.13. The van der Waals surface area contributed by atoms with E-state index < -0.39 is 0 Å². The molecule has 0 radical (unpaired) electrons. The molecule has 0 spiro atoms. The minimum Gasteiger partial charge on any atom is -0.290 e. The lowest BCUT2D eigenvalue weighted by Gasteiger charge is -2.57. The summed E-state index contributed by atoms with van der Waals surface area (Å²) < 4.78 is 0. The second-order valence-corrected chi connectivity index (χ2v) is 10.5. The van der Waals surface area contributed by atoms with Crippen LogP contribution in [0.25, 0.3) is 0 Å². The Morgan fingerprint density at radius 2 is 1.96 bits per heavy atom. The number of carbonyl (C=O) groups is 2. The summed E-state index contributed by atoms with van der Waals surface area (Å²) in [6.07, 6.45) is 15.1. The van der Waals surface area contributed by atoms with Crippen molar-refractivity contribution in [1.82, 2.24) is 0 Å². The van der Waals surface area contributed by atoms with Crippen LogP contribution in [0.4, 0.5) is 0 Å². The Bertz CT molecular complexity index is 692. The molecule has 4 aliphatic rings. The van der Waals surface area contributed by atoms with Gasteiger partial charge in [-0.3, -0.25) is 9.59 Å². The molecule has 0 amide bonds. The van der Waals surface area contributed by atoms with E-state index in [4.69, 9.17) is 0 Å². The topological polar surface area (TPSA) is 34.1 Å². The molecule has 26 heavy (non-hydrogen) atoms. The molecule has 4 rings (SSSR count). The number of hydrogen-bond acceptors (Lipinski definition) is 3. The first-order chi connectivity index (χ1) is 12.3. The number of fused-ring (bicyclic) bond motifs is 5. The van der Waals surface area contributed by atoms with E-state index in [-0.39, 0.29) is 17.1 Å². The van der Waals surface area contributed by atoms with Gasteiger partial charge in [-0.1, -0.05) is 44.2 Å². The van der Waals surface area contributed by atoms with E-state index in [1.54, 1.807) is 6.08 Å². The minimum absolute atomic E-state index is 0.0803. The quantitative estimate of drug-likeness (QED) is 0.647. The Morgan fingerprint density at radius 3 is 2.69 bits per heavy atom. The fourth-order valence-corrected chi connectivity index (χ4v) is 7.95. The van der Waals surface area contributed by atoms with E-state index in [0.29, 0.717) is 22.4 Å². The first kappa shape index (κ1) is 18.5. The van der Waals surface area contributed by atoms with Crippen LogP contribution in [0.2, 0.25) is 0 Å². The Kier molecular flexibility index (Phi) is 4.53. The van der Waals surface area contributed by atoms with E-state index in [0.717, 1.165) is 18.3 Å². The van der Waals surface area contributed by atoms with Gasteiger partial charge in [-0.25, -0.2) is 0 Å². The Labute approximate surface area is 162 Å². The smallest absolute Gasteiger partial charge is 0.191 e. The largest absolute Gasteiger partial charge is 0.290 e. The molecule has 0 aromatic rings. The van der Waals surface area contributed by atoms with Gasteiger partial charge < -0.3 is 0 Å². The van der Waals surface area contributed by atoms with Gasteiger partial charge in [0, 0.05) is 11.3 Å². The normalized spacial score (nSPS) is 45.4. The van der Waals surface area contributed by atoms with Crippen LogP contribution < -0.4 is 0 Å². The molecule has 0 aromatic carbocycles. The van der Waals surface area contributed by atoms with Crippen molar-refractivity contribution >= 4 is 22.7 Å². The highest BCUT2D eigenvalue weighted by Crippen LogP contribution is 2.67. The van der Waals surface area contributed by atoms with Gasteiger partial charge in [-0.15, -0.1) is 0 Å². The second-order valence-electron chi connectivity index (χ2n) is 9.64. The van der Waals surface area contributed by atoms with Crippen LogP contribution in [0.1, 0.15) is 59.3 Å². The number of rotatable bonds is 2. The lowest BCUT2D eigenvalue weighted by atomic mass is 9.47. The van der Waals surface area contributed by atoms with Gasteiger partial charge in [-0.2, -0.15) is 0 Å². The first-order valence-electron chi connectivity index (χ1n) is 10.3. The van der Waals surface area contributed by atoms with Gasteiger partial charge in [0.25, 0.3) is 0 Å². The Morgan fingerprint density at radius 1 is 1.19 bits per heavy atom. The summed E-state index contributed by atoms with van der Waals surface area (Å²) in [6.45, 7) is 7.03. The van der Waals surface area contributed by atoms with Crippen LogP contribution in [-0.2, 0) is 9.59 Å². The zero-order valence-corrected chi connectivity index (χ0v) is 17.4. The SMILES string of the molecule is CSC(=O)[C@@H](C)[C@H]1CC[C@H]2[C@@H]3CCC4=CC(=O)C=C[C@]4(C)[C@H]3CC[C@]12C. The molecule has 142 valence electrons. The van der Waals surface area contributed by atoms with E-state index in [1.165, 1.54) is 49.4 Å². The number of thioether (sulfide) groups is 1. The van der Waals surface area contributed by atoms with Gasteiger partial charge >= 0.3 is 0 Å². The third kappa shape index (κ3) is 2.52. The Hall–Kier alpha value is -0.830. The molecule has 3 saturated carbocycles. The number of allylic oxidation sites excluding steroid dienone is 4. The van der Waals surface area contributed by atoms with Crippen molar-refractivity contribution in [2.75, 3.05) is 6.26 Å². The average molecular weight is 373 g/mol. The Balaban J connectivity index is 1.62. The van der Waals surface area contributed by atoms with E-state index in [1.807, 2.05) is 12.3 Å². The van der Waals surface area contributed by atoms with Gasteiger partial charge in [0.2, 0.25) is 0 Å². The van der Waals surface area contributed by atoms with Crippen molar-refractivity contribution < 1.29 is 9.59 Å². The summed E-state index contributed by atoms with van der Waals surface area (Å²) in [5, 5.41) is 0.369.